The summed E-state index contributed by atoms with van der Waals surface area (Å²) >= 11 is 0. The van der Waals surface area contributed by atoms with Crippen LogP contribution in [0.25, 0.3) is 0 Å². The van der Waals surface area contributed by atoms with Crippen LogP contribution >= 0.6 is 0 Å². The van der Waals surface area contributed by atoms with Gasteiger partial charge in [0.2, 0.25) is 10.0 Å². The van der Waals surface area contributed by atoms with Crippen LogP contribution in [0, 0.1) is 29.9 Å². The number of benzene rings is 1. The first-order chi connectivity index (χ1) is 11.3. The number of rotatable bonds is 6. The first-order valence-corrected chi connectivity index (χ1v) is 9.68. The summed E-state index contributed by atoms with van der Waals surface area (Å²) in [6, 6.07) is 3.22. The molecule has 8 heteroatoms. The van der Waals surface area contributed by atoms with Crippen molar-refractivity contribution in [1.82, 2.24) is 9.62 Å². The Labute approximate surface area is 143 Å². The molecule has 1 aromatic rings. The smallest absolute Gasteiger partial charge is 0.292 e. The second kappa shape index (κ2) is 7.58. The van der Waals surface area contributed by atoms with Crippen molar-refractivity contribution >= 4 is 15.7 Å². The normalized spacial score (nSPS) is 17.1. The minimum absolute atomic E-state index is 0.155. The van der Waals surface area contributed by atoms with E-state index in [-0.39, 0.29) is 10.6 Å². The summed E-state index contributed by atoms with van der Waals surface area (Å²) in [7, 11) is -3.86. The van der Waals surface area contributed by atoms with Crippen molar-refractivity contribution in [2.24, 2.45) is 5.92 Å². The molecule has 2 rings (SSSR count). The zero-order chi connectivity index (χ0) is 17.9. The Morgan fingerprint density at radius 3 is 2.38 bits per heavy atom. The van der Waals surface area contributed by atoms with E-state index >= 15 is 0 Å². The van der Waals surface area contributed by atoms with Crippen molar-refractivity contribution in [2.45, 2.75) is 38.5 Å². The lowest BCUT2D eigenvalue weighted by molar-refractivity contribution is -0.388. The Kier molecular flexibility index (Phi) is 5.95. The topological polar surface area (TPSA) is 92.6 Å². The first kappa shape index (κ1) is 18.8. The van der Waals surface area contributed by atoms with Gasteiger partial charge in [0.15, 0.2) is 4.90 Å². The third kappa shape index (κ3) is 3.76. The van der Waals surface area contributed by atoms with Crippen molar-refractivity contribution in [1.29, 1.82) is 0 Å². The minimum Gasteiger partial charge on any atom is -0.317 e. The van der Waals surface area contributed by atoms with Crippen molar-refractivity contribution in [3.63, 3.8) is 0 Å². The maximum atomic E-state index is 13.0. The van der Waals surface area contributed by atoms with Crippen molar-refractivity contribution in [2.75, 3.05) is 26.2 Å². The SMILES string of the molecule is CCNCC1CCN(S(=O)(=O)c2c(C)ccc(C)c2[N+](=O)[O-])CC1. The fraction of sp³-hybridized carbons (Fsp3) is 0.625. The Morgan fingerprint density at radius 1 is 1.25 bits per heavy atom. The molecule has 1 aliphatic rings. The molecular formula is C16H25N3O4S. The van der Waals surface area contributed by atoms with Gasteiger partial charge in [-0.2, -0.15) is 4.31 Å². The van der Waals surface area contributed by atoms with Crippen LogP contribution in [0.15, 0.2) is 17.0 Å². The monoisotopic (exact) mass is 355 g/mol. The van der Waals surface area contributed by atoms with Gasteiger partial charge < -0.3 is 5.32 Å². The molecule has 0 aliphatic carbocycles. The van der Waals surface area contributed by atoms with Crippen LogP contribution in [-0.2, 0) is 10.0 Å². The van der Waals surface area contributed by atoms with Crippen LogP contribution in [0.1, 0.15) is 30.9 Å². The van der Waals surface area contributed by atoms with Gasteiger partial charge in [-0.1, -0.05) is 19.1 Å². The molecule has 1 heterocycles. The predicted molar refractivity (Wildman–Crippen MR) is 92.6 cm³/mol. The fourth-order valence-corrected chi connectivity index (χ4v) is 5.06. The molecular weight excluding hydrogens is 330 g/mol. The number of hydrogen-bond acceptors (Lipinski definition) is 5. The van der Waals surface area contributed by atoms with Gasteiger partial charge in [0.25, 0.3) is 5.69 Å². The van der Waals surface area contributed by atoms with Gasteiger partial charge in [-0.15, -0.1) is 0 Å². The van der Waals surface area contributed by atoms with Gasteiger partial charge in [-0.3, -0.25) is 10.1 Å². The number of nitrogens with zero attached hydrogens (tertiary/aromatic N) is 2. The minimum atomic E-state index is -3.86. The maximum Gasteiger partial charge on any atom is 0.292 e. The summed E-state index contributed by atoms with van der Waals surface area (Å²) in [5.41, 5.74) is 0.484. The van der Waals surface area contributed by atoms with Gasteiger partial charge in [0, 0.05) is 18.7 Å². The molecule has 1 aromatic carbocycles. The zero-order valence-electron chi connectivity index (χ0n) is 14.4. The molecule has 1 fully saturated rings. The van der Waals surface area contributed by atoms with E-state index in [2.05, 4.69) is 5.32 Å². The van der Waals surface area contributed by atoms with E-state index in [1.165, 1.54) is 4.31 Å². The van der Waals surface area contributed by atoms with E-state index in [9.17, 15) is 18.5 Å². The molecule has 134 valence electrons. The number of piperidine rings is 1. The average Bonchev–Trinajstić information content (AvgIpc) is 2.54. The van der Waals surface area contributed by atoms with Gasteiger partial charge in [-0.05, 0) is 51.3 Å². The number of nitrogens with one attached hydrogen (secondary N) is 1. The van der Waals surface area contributed by atoms with Crippen LogP contribution in [0.4, 0.5) is 5.69 Å². The quantitative estimate of drug-likeness (QED) is 0.624. The second-order valence-corrected chi connectivity index (χ2v) is 8.16. The van der Waals surface area contributed by atoms with E-state index in [1.807, 2.05) is 6.92 Å². The number of sulfonamides is 1. The highest BCUT2D eigenvalue weighted by molar-refractivity contribution is 7.89. The lowest BCUT2D eigenvalue weighted by Gasteiger charge is -2.31. The molecule has 0 aromatic heterocycles. The molecule has 1 aliphatic heterocycles. The summed E-state index contributed by atoms with van der Waals surface area (Å²) in [6.07, 6.45) is 1.54. The molecule has 1 saturated heterocycles. The van der Waals surface area contributed by atoms with Crippen LogP contribution in [0.3, 0.4) is 0 Å². The van der Waals surface area contributed by atoms with E-state index in [0.29, 0.717) is 30.1 Å². The maximum absolute atomic E-state index is 13.0. The molecule has 0 spiro atoms. The van der Waals surface area contributed by atoms with Crippen molar-refractivity contribution < 1.29 is 13.3 Å². The number of nitro groups is 1. The van der Waals surface area contributed by atoms with Gasteiger partial charge in [0.1, 0.15) is 0 Å². The summed E-state index contributed by atoms with van der Waals surface area (Å²) in [4.78, 5) is 10.7. The summed E-state index contributed by atoms with van der Waals surface area (Å²) in [5.74, 6) is 0.449. The second-order valence-electron chi connectivity index (χ2n) is 6.29. The molecule has 0 amide bonds. The Bertz CT molecular complexity index is 710. The molecule has 0 unspecified atom stereocenters. The largest absolute Gasteiger partial charge is 0.317 e. The average molecular weight is 355 g/mol. The molecule has 24 heavy (non-hydrogen) atoms. The van der Waals surface area contributed by atoms with Gasteiger partial charge >= 0.3 is 0 Å². The van der Waals surface area contributed by atoms with Crippen LogP contribution in [0.5, 0.6) is 0 Å². The highest BCUT2D eigenvalue weighted by Gasteiger charge is 2.36. The molecule has 1 N–H and O–H groups in total. The summed E-state index contributed by atoms with van der Waals surface area (Å²) in [5, 5.41) is 14.7. The molecule has 0 saturated carbocycles. The molecule has 7 nitrogen and oxygen atoms in total. The van der Waals surface area contributed by atoms with Crippen LogP contribution in [-0.4, -0.2) is 43.8 Å². The summed E-state index contributed by atoms with van der Waals surface area (Å²) < 4.78 is 27.4. The van der Waals surface area contributed by atoms with Gasteiger partial charge in [-0.25, -0.2) is 8.42 Å². The molecule has 0 radical (unpaired) electrons. The zero-order valence-corrected chi connectivity index (χ0v) is 15.2. The fourth-order valence-electron chi connectivity index (χ4n) is 3.15. The van der Waals surface area contributed by atoms with E-state index in [4.69, 9.17) is 0 Å². The van der Waals surface area contributed by atoms with Crippen molar-refractivity contribution in [3.8, 4) is 0 Å². The van der Waals surface area contributed by atoms with Crippen molar-refractivity contribution in [3.05, 3.63) is 33.4 Å². The van der Waals surface area contributed by atoms with Crippen LogP contribution in [0.2, 0.25) is 0 Å². The summed E-state index contributed by atoms with van der Waals surface area (Å²) in [6.45, 7) is 7.81. The Balaban J connectivity index is 2.30. The third-order valence-corrected chi connectivity index (χ3v) is 6.64. The predicted octanol–water partition coefficient (Wildman–Crippen LogP) is 2.22. The highest BCUT2D eigenvalue weighted by atomic mass is 32.2. The first-order valence-electron chi connectivity index (χ1n) is 8.24. The molecule has 0 atom stereocenters. The Hall–Kier alpha value is -1.51. The highest BCUT2D eigenvalue weighted by Crippen LogP contribution is 2.34. The number of hydrogen-bond donors (Lipinski definition) is 1. The van der Waals surface area contributed by atoms with Gasteiger partial charge in [0.05, 0.1) is 4.92 Å². The standard InChI is InChI=1S/C16H25N3O4S/c1-4-17-11-14-7-9-18(10-8-14)24(22,23)16-13(3)6-5-12(2)15(16)19(20)21/h5-6,14,17H,4,7-11H2,1-3H3. The van der Waals surface area contributed by atoms with E-state index < -0.39 is 14.9 Å². The van der Waals surface area contributed by atoms with E-state index in [0.717, 1.165) is 25.9 Å². The number of aryl methyl sites for hydroxylation is 2. The molecule has 0 bridgehead atoms. The lowest BCUT2D eigenvalue weighted by Crippen LogP contribution is -2.41. The van der Waals surface area contributed by atoms with E-state index in [1.54, 1.807) is 26.0 Å². The van der Waals surface area contributed by atoms with Crippen LogP contribution < -0.4 is 5.32 Å². The lowest BCUT2D eigenvalue weighted by atomic mass is 9.98. The third-order valence-electron chi connectivity index (χ3n) is 4.57. The Morgan fingerprint density at radius 2 is 1.83 bits per heavy atom. The number of nitro benzene ring substituents is 1.